The highest BCUT2D eigenvalue weighted by Gasteiger charge is 2.29. The van der Waals surface area contributed by atoms with Crippen molar-refractivity contribution >= 4 is 21.6 Å². The van der Waals surface area contributed by atoms with Gasteiger partial charge in [-0.1, -0.05) is 54.6 Å². The largest absolute Gasteiger partial charge is 0.419 e. The number of benzene rings is 3. The maximum Gasteiger partial charge on any atom is 0.247 e. The molecule has 10 heteroatoms. The van der Waals surface area contributed by atoms with Crippen molar-refractivity contribution in [3.05, 3.63) is 89.8 Å². The molecule has 1 aromatic heterocycles. The lowest BCUT2D eigenvalue weighted by atomic mass is 9.94. The van der Waals surface area contributed by atoms with Crippen LogP contribution in [0.1, 0.15) is 30.9 Å². The normalized spacial score (nSPS) is 13.1. The maximum absolute atomic E-state index is 12.4. The number of anilines is 1. The summed E-state index contributed by atoms with van der Waals surface area (Å²) in [6.07, 6.45) is 1.63. The Balaban J connectivity index is 1.78. The highest BCUT2D eigenvalue weighted by Crippen LogP contribution is 2.34. The van der Waals surface area contributed by atoms with Gasteiger partial charge in [0.2, 0.25) is 27.7 Å². The first kappa shape index (κ1) is 27.0. The molecule has 0 aliphatic rings. The second-order valence-electron chi connectivity index (χ2n) is 9.56. The summed E-state index contributed by atoms with van der Waals surface area (Å²) in [5.41, 5.74) is 10.1. The van der Waals surface area contributed by atoms with E-state index in [2.05, 4.69) is 15.5 Å². The number of hydrogen-bond donors (Lipinski definition) is 2. The second kappa shape index (κ2) is 10.8. The average Bonchev–Trinajstić information content (AvgIpc) is 3.38. The van der Waals surface area contributed by atoms with E-state index >= 15 is 0 Å². The molecule has 0 spiro atoms. The van der Waals surface area contributed by atoms with Crippen LogP contribution in [0.2, 0.25) is 0 Å². The van der Waals surface area contributed by atoms with Gasteiger partial charge in [0.1, 0.15) is 0 Å². The highest BCUT2D eigenvalue weighted by atomic mass is 32.2. The first-order valence-corrected chi connectivity index (χ1v) is 13.9. The number of aromatic nitrogens is 2. The fourth-order valence-electron chi connectivity index (χ4n) is 4.11. The Bertz CT molecular complexity index is 1550. The topological polar surface area (TPSA) is 131 Å². The van der Waals surface area contributed by atoms with E-state index in [-0.39, 0.29) is 17.7 Å². The Morgan fingerprint density at radius 1 is 1.03 bits per heavy atom. The van der Waals surface area contributed by atoms with Gasteiger partial charge in [-0.05, 0) is 53.8 Å². The number of carbonyl (C=O) groups excluding carboxylic acids is 1. The molecular formula is C28H31N5O4S. The van der Waals surface area contributed by atoms with Crippen molar-refractivity contribution in [1.82, 2.24) is 15.5 Å². The number of nitrogens with zero attached hydrogens (tertiary/aromatic N) is 3. The van der Waals surface area contributed by atoms with E-state index in [0.29, 0.717) is 24.2 Å². The van der Waals surface area contributed by atoms with Gasteiger partial charge in [0.05, 0.1) is 17.5 Å². The van der Waals surface area contributed by atoms with E-state index in [1.165, 1.54) is 18.3 Å². The van der Waals surface area contributed by atoms with Crippen molar-refractivity contribution in [2.75, 3.05) is 17.6 Å². The van der Waals surface area contributed by atoms with Gasteiger partial charge in [-0.25, -0.2) is 8.42 Å². The van der Waals surface area contributed by atoms with Crippen LogP contribution in [0.5, 0.6) is 0 Å². The molecular weight excluding hydrogens is 502 g/mol. The molecule has 1 atom stereocenters. The molecule has 0 fully saturated rings. The minimum absolute atomic E-state index is 0.148. The van der Waals surface area contributed by atoms with Crippen LogP contribution in [-0.4, -0.2) is 37.8 Å². The molecule has 0 radical (unpaired) electrons. The first-order valence-electron chi connectivity index (χ1n) is 12.0. The zero-order valence-electron chi connectivity index (χ0n) is 21.8. The predicted octanol–water partition coefficient (Wildman–Crippen LogP) is 3.85. The number of nitrogens with two attached hydrogens (primary N) is 1. The average molecular weight is 534 g/mol. The van der Waals surface area contributed by atoms with Crippen LogP contribution >= 0.6 is 0 Å². The fraction of sp³-hybridized carbons (Fsp3) is 0.250. The summed E-state index contributed by atoms with van der Waals surface area (Å²) in [6.45, 7) is 3.61. The van der Waals surface area contributed by atoms with E-state index < -0.39 is 15.6 Å². The number of carbonyl (C=O) groups is 1. The molecule has 1 amide bonds. The van der Waals surface area contributed by atoms with Gasteiger partial charge < -0.3 is 15.5 Å². The number of nitrogens with one attached hydrogen (secondary N) is 1. The van der Waals surface area contributed by atoms with Crippen molar-refractivity contribution in [1.29, 1.82) is 0 Å². The summed E-state index contributed by atoms with van der Waals surface area (Å²) < 4.78 is 32.0. The van der Waals surface area contributed by atoms with Crippen molar-refractivity contribution in [3.63, 3.8) is 0 Å². The molecule has 3 N–H and O–H groups in total. The molecule has 0 saturated heterocycles. The van der Waals surface area contributed by atoms with Crippen molar-refractivity contribution in [2.45, 2.75) is 32.4 Å². The number of sulfonamides is 1. The molecule has 198 valence electrons. The predicted molar refractivity (Wildman–Crippen MR) is 148 cm³/mol. The van der Waals surface area contributed by atoms with Gasteiger partial charge in [-0.15, -0.1) is 10.2 Å². The summed E-state index contributed by atoms with van der Waals surface area (Å²) in [5, 5.41) is 11.3. The smallest absolute Gasteiger partial charge is 0.247 e. The quantitative estimate of drug-likeness (QED) is 0.334. The summed E-state index contributed by atoms with van der Waals surface area (Å²) in [6, 6.07) is 22.7. The molecule has 1 heterocycles. The molecule has 0 aliphatic carbocycles. The monoisotopic (exact) mass is 533 g/mol. The van der Waals surface area contributed by atoms with Crippen LogP contribution in [0.3, 0.4) is 0 Å². The van der Waals surface area contributed by atoms with Crippen LogP contribution in [0, 0.1) is 0 Å². The van der Waals surface area contributed by atoms with Crippen LogP contribution in [0.25, 0.3) is 22.6 Å². The third kappa shape index (κ3) is 6.27. The summed E-state index contributed by atoms with van der Waals surface area (Å²) in [7, 11) is -2.06. The molecule has 4 rings (SSSR count). The maximum atomic E-state index is 12.4. The minimum Gasteiger partial charge on any atom is -0.419 e. The molecule has 9 nitrogen and oxygen atoms in total. The van der Waals surface area contributed by atoms with E-state index in [4.69, 9.17) is 10.2 Å². The number of hydrogen-bond acceptors (Lipinski definition) is 7. The van der Waals surface area contributed by atoms with Gasteiger partial charge in [0, 0.05) is 26.1 Å². The number of amides is 1. The molecule has 1 unspecified atom stereocenters. The van der Waals surface area contributed by atoms with E-state index in [0.717, 1.165) is 28.5 Å². The lowest BCUT2D eigenvalue weighted by Crippen LogP contribution is -2.35. The van der Waals surface area contributed by atoms with Crippen molar-refractivity contribution in [3.8, 4) is 22.6 Å². The Morgan fingerprint density at radius 2 is 1.68 bits per heavy atom. The van der Waals surface area contributed by atoms with Gasteiger partial charge in [0.25, 0.3) is 0 Å². The van der Waals surface area contributed by atoms with Crippen LogP contribution in [0.4, 0.5) is 5.69 Å². The van der Waals surface area contributed by atoms with Crippen LogP contribution in [0.15, 0.2) is 77.2 Å². The number of rotatable bonds is 9. The van der Waals surface area contributed by atoms with Gasteiger partial charge in [-0.2, -0.15) is 0 Å². The fourth-order valence-corrected chi connectivity index (χ4v) is 4.59. The first-order chi connectivity index (χ1) is 17.9. The zero-order valence-corrected chi connectivity index (χ0v) is 22.6. The lowest BCUT2D eigenvalue weighted by Gasteiger charge is -2.20. The Morgan fingerprint density at radius 3 is 2.37 bits per heavy atom. The van der Waals surface area contributed by atoms with Gasteiger partial charge in [-0.3, -0.25) is 9.10 Å². The highest BCUT2D eigenvalue weighted by molar-refractivity contribution is 7.92. The van der Waals surface area contributed by atoms with E-state index in [9.17, 15) is 13.2 Å². The molecule has 4 aromatic rings. The molecule has 0 bridgehead atoms. The summed E-state index contributed by atoms with van der Waals surface area (Å²) in [5.74, 6) is 0.338. The van der Waals surface area contributed by atoms with Crippen LogP contribution < -0.4 is 15.4 Å². The molecule has 38 heavy (non-hydrogen) atoms. The Kier molecular flexibility index (Phi) is 7.66. The van der Waals surface area contributed by atoms with Crippen molar-refractivity contribution < 1.29 is 17.6 Å². The summed E-state index contributed by atoms with van der Waals surface area (Å²) >= 11 is 0. The summed E-state index contributed by atoms with van der Waals surface area (Å²) in [4.78, 5) is 11.5. The molecule has 0 saturated carbocycles. The minimum atomic E-state index is -3.55. The van der Waals surface area contributed by atoms with Gasteiger partial charge >= 0.3 is 0 Å². The third-order valence-corrected chi connectivity index (χ3v) is 7.42. The Labute approximate surface area is 222 Å². The third-order valence-electron chi connectivity index (χ3n) is 6.21. The zero-order chi connectivity index (χ0) is 27.5. The van der Waals surface area contributed by atoms with Crippen molar-refractivity contribution in [2.24, 2.45) is 5.73 Å². The van der Waals surface area contributed by atoms with Gasteiger partial charge in [0.15, 0.2) is 0 Å². The van der Waals surface area contributed by atoms with Crippen LogP contribution in [-0.2, 0) is 33.3 Å². The van der Waals surface area contributed by atoms with E-state index in [1.807, 2.05) is 67.6 Å². The second-order valence-corrected chi connectivity index (χ2v) is 11.6. The Hall–Kier alpha value is -4.02. The molecule has 0 aliphatic heterocycles. The SMILES string of the molecule is CC(=O)NCc1ccccc1-c1cc(-c2nnc(C(C)(N)Cc3ccccc3)o2)cc(N(C)S(C)(=O)=O)c1. The lowest BCUT2D eigenvalue weighted by molar-refractivity contribution is -0.119. The standard InChI is InChI=1S/C28H31N5O4S/c1-19(34)30-18-21-12-8-9-13-25(21)22-14-23(16-24(15-22)33(3)38(4,35)36)26-31-32-27(37-26)28(2,29)17-20-10-6-5-7-11-20/h5-16H,17-18,29H2,1-4H3,(H,30,34). The van der Waals surface area contributed by atoms with E-state index in [1.54, 1.807) is 12.1 Å². The molecule has 3 aromatic carbocycles.